The Morgan fingerprint density at radius 2 is 2.10 bits per heavy atom. The Kier molecular flexibility index (Phi) is 9.27. The van der Waals surface area contributed by atoms with E-state index in [1.807, 2.05) is 42.4 Å². The second kappa shape index (κ2) is 11.2. The molecule has 1 aromatic heterocycles. The van der Waals surface area contributed by atoms with Crippen molar-refractivity contribution in [1.29, 1.82) is 0 Å². The molecule has 2 N–H and O–H groups in total. The molecule has 3 rings (SSSR count). The van der Waals surface area contributed by atoms with Crippen molar-refractivity contribution in [3.05, 3.63) is 41.5 Å². The highest BCUT2D eigenvalue weighted by atomic mass is 127. The van der Waals surface area contributed by atoms with Crippen LogP contribution >= 0.6 is 35.7 Å². The van der Waals surface area contributed by atoms with Gasteiger partial charge in [0.05, 0.1) is 6.04 Å². The van der Waals surface area contributed by atoms with E-state index in [1.54, 1.807) is 0 Å². The van der Waals surface area contributed by atoms with Crippen LogP contribution in [0.15, 0.2) is 29.3 Å². The number of thioether (sulfide) groups is 1. The van der Waals surface area contributed by atoms with Gasteiger partial charge in [-0.3, -0.25) is 0 Å². The third-order valence-electron chi connectivity index (χ3n) is 5.07. The predicted molar refractivity (Wildman–Crippen MR) is 135 cm³/mol. The minimum Gasteiger partial charge on any atom is -0.487 e. The average Bonchev–Trinajstić information content (AvgIpc) is 3.00. The van der Waals surface area contributed by atoms with Gasteiger partial charge in [-0.1, -0.05) is 18.2 Å². The molecular formula is C21H33IN6OS. The lowest BCUT2D eigenvalue weighted by Crippen LogP contribution is -2.45. The molecule has 2 aromatic rings. The number of aryl methyl sites for hydroxylation is 1. The first-order valence-electron chi connectivity index (χ1n) is 10.1. The lowest BCUT2D eigenvalue weighted by Gasteiger charge is -2.38. The number of hydrogen-bond acceptors (Lipinski definition) is 5. The molecule has 0 aliphatic carbocycles. The highest BCUT2D eigenvalue weighted by Gasteiger charge is 2.34. The van der Waals surface area contributed by atoms with Gasteiger partial charge < -0.3 is 19.9 Å². The van der Waals surface area contributed by atoms with Crippen molar-refractivity contribution in [2.75, 3.05) is 18.6 Å². The fourth-order valence-corrected chi connectivity index (χ4v) is 3.84. The maximum Gasteiger partial charge on any atom is 0.192 e. The van der Waals surface area contributed by atoms with Crippen molar-refractivity contribution in [3.63, 3.8) is 0 Å². The molecule has 1 unspecified atom stereocenters. The summed E-state index contributed by atoms with van der Waals surface area (Å²) >= 11 is 1.86. The van der Waals surface area contributed by atoms with Gasteiger partial charge in [-0.25, -0.2) is 4.99 Å². The Morgan fingerprint density at radius 3 is 2.80 bits per heavy atom. The first-order chi connectivity index (χ1) is 13.9. The number of para-hydroxylation sites is 1. The minimum absolute atomic E-state index is 0. The highest BCUT2D eigenvalue weighted by Crippen LogP contribution is 2.39. The highest BCUT2D eigenvalue weighted by molar-refractivity contribution is 14.0. The number of aromatic nitrogens is 3. The standard InChI is InChI=1S/C21H32N6OS.HI/c1-15-25-26-19(27(15)4)14-23-20(22-11-8-12-29-5)24-17-13-21(2,3)28-18-10-7-6-9-16(17)18;/h6-7,9-10,17H,8,11-14H2,1-5H3,(H2,22,23,24);1H. The molecule has 1 aromatic carbocycles. The molecule has 1 aliphatic heterocycles. The molecule has 7 nitrogen and oxygen atoms in total. The molecule has 30 heavy (non-hydrogen) atoms. The Morgan fingerprint density at radius 1 is 1.33 bits per heavy atom. The third-order valence-corrected chi connectivity index (χ3v) is 5.76. The number of benzene rings is 1. The molecule has 0 radical (unpaired) electrons. The van der Waals surface area contributed by atoms with E-state index in [4.69, 9.17) is 9.73 Å². The summed E-state index contributed by atoms with van der Waals surface area (Å²) in [7, 11) is 1.97. The van der Waals surface area contributed by atoms with E-state index in [0.29, 0.717) is 6.54 Å². The molecule has 0 saturated heterocycles. The number of aliphatic imine (C=N–C) groups is 1. The Labute approximate surface area is 200 Å². The summed E-state index contributed by atoms with van der Waals surface area (Å²) < 4.78 is 8.14. The van der Waals surface area contributed by atoms with Crippen LogP contribution in [0.4, 0.5) is 0 Å². The van der Waals surface area contributed by atoms with Gasteiger partial charge in [-0.15, -0.1) is 34.2 Å². The summed E-state index contributed by atoms with van der Waals surface area (Å²) in [6.45, 7) is 7.55. The van der Waals surface area contributed by atoms with Gasteiger partial charge >= 0.3 is 0 Å². The zero-order valence-electron chi connectivity index (χ0n) is 18.4. The van der Waals surface area contributed by atoms with E-state index in [0.717, 1.165) is 48.5 Å². The van der Waals surface area contributed by atoms with Gasteiger partial charge in [0.2, 0.25) is 0 Å². The zero-order chi connectivity index (χ0) is 20.9. The fraction of sp³-hybridized carbons (Fsp3) is 0.571. The molecule has 1 aliphatic rings. The lowest BCUT2D eigenvalue weighted by molar-refractivity contribution is 0.0694. The minimum atomic E-state index is -0.239. The topological polar surface area (TPSA) is 76.4 Å². The van der Waals surface area contributed by atoms with E-state index in [9.17, 15) is 0 Å². The fourth-order valence-electron chi connectivity index (χ4n) is 3.41. The lowest BCUT2D eigenvalue weighted by atomic mass is 9.90. The number of rotatable bonds is 7. The molecule has 0 saturated carbocycles. The molecule has 0 bridgehead atoms. The second-order valence-electron chi connectivity index (χ2n) is 7.96. The summed E-state index contributed by atoms with van der Waals surface area (Å²) in [6.07, 6.45) is 4.07. The Bertz CT molecular complexity index is 854. The van der Waals surface area contributed by atoms with Crippen LogP contribution in [0, 0.1) is 6.92 Å². The van der Waals surface area contributed by atoms with Crippen LogP contribution in [0.2, 0.25) is 0 Å². The number of hydrogen-bond donors (Lipinski definition) is 2. The van der Waals surface area contributed by atoms with Crippen LogP contribution in [0.25, 0.3) is 0 Å². The summed E-state index contributed by atoms with van der Waals surface area (Å²) in [5.41, 5.74) is 0.927. The summed E-state index contributed by atoms with van der Waals surface area (Å²) in [5.74, 6) is 4.59. The smallest absolute Gasteiger partial charge is 0.192 e. The van der Waals surface area contributed by atoms with E-state index in [2.05, 4.69) is 53.1 Å². The first-order valence-corrected chi connectivity index (χ1v) is 11.5. The van der Waals surface area contributed by atoms with Crippen LogP contribution in [0.1, 0.15) is 49.9 Å². The van der Waals surface area contributed by atoms with Gasteiger partial charge in [-0.2, -0.15) is 11.8 Å². The van der Waals surface area contributed by atoms with Crippen LogP contribution < -0.4 is 15.4 Å². The normalized spacial score (nSPS) is 17.5. The summed E-state index contributed by atoms with van der Waals surface area (Å²) in [4.78, 5) is 4.80. The quantitative estimate of drug-likeness (QED) is 0.239. The number of ether oxygens (including phenoxy) is 1. The second-order valence-corrected chi connectivity index (χ2v) is 8.95. The van der Waals surface area contributed by atoms with Gasteiger partial charge in [0.15, 0.2) is 11.8 Å². The SMILES string of the molecule is CSCCCNC(=NCc1nnc(C)n1C)NC1CC(C)(C)Oc2ccccc21.I. The average molecular weight is 545 g/mol. The summed E-state index contributed by atoms with van der Waals surface area (Å²) in [5, 5.41) is 15.5. The van der Waals surface area contributed by atoms with Crippen LogP contribution in [0.3, 0.4) is 0 Å². The van der Waals surface area contributed by atoms with E-state index >= 15 is 0 Å². The number of nitrogens with one attached hydrogen (secondary N) is 2. The predicted octanol–water partition coefficient (Wildman–Crippen LogP) is 3.83. The van der Waals surface area contributed by atoms with Crippen molar-refractivity contribution in [3.8, 4) is 5.75 Å². The van der Waals surface area contributed by atoms with Crippen molar-refractivity contribution in [2.24, 2.45) is 12.0 Å². The monoisotopic (exact) mass is 544 g/mol. The molecular weight excluding hydrogens is 511 g/mol. The first kappa shape index (κ1) is 24.8. The van der Waals surface area contributed by atoms with Crippen molar-refractivity contribution in [2.45, 2.75) is 51.8 Å². The third kappa shape index (κ3) is 6.50. The number of fused-ring (bicyclic) bond motifs is 1. The van der Waals surface area contributed by atoms with Gasteiger partial charge in [0.25, 0.3) is 0 Å². The molecule has 166 valence electrons. The molecule has 0 amide bonds. The van der Waals surface area contributed by atoms with Gasteiger partial charge in [0, 0.05) is 25.6 Å². The maximum atomic E-state index is 6.17. The molecule has 0 spiro atoms. The van der Waals surface area contributed by atoms with Crippen LogP contribution in [-0.4, -0.2) is 44.9 Å². The van der Waals surface area contributed by atoms with Gasteiger partial charge in [0.1, 0.15) is 23.7 Å². The molecule has 9 heteroatoms. The molecule has 1 atom stereocenters. The Balaban J connectivity index is 0.00000320. The van der Waals surface area contributed by atoms with E-state index in [1.165, 1.54) is 5.56 Å². The zero-order valence-corrected chi connectivity index (χ0v) is 21.6. The number of halogens is 1. The Hall–Kier alpha value is -1.49. The largest absolute Gasteiger partial charge is 0.487 e. The number of guanidine groups is 1. The molecule has 2 heterocycles. The van der Waals surface area contributed by atoms with Crippen LogP contribution in [0.5, 0.6) is 5.75 Å². The maximum absolute atomic E-state index is 6.17. The van der Waals surface area contributed by atoms with E-state index < -0.39 is 0 Å². The molecule has 0 fully saturated rings. The van der Waals surface area contributed by atoms with Crippen molar-refractivity contribution >= 4 is 41.7 Å². The van der Waals surface area contributed by atoms with Crippen molar-refractivity contribution < 1.29 is 4.74 Å². The summed E-state index contributed by atoms with van der Waals surface area (Å²) in [6, 6.07) is 8.36. The van der Waals surface area contributed by atoms with Crippen LogP contribution in [-0.2, 0) is 13.6 Å². The van der Waals surface area contributed by atoms with Gasteiger partial charge in [-0.05, 0) is 45.3 Å². The number of nitrogens with zero attached hydrogens (tertiary/aromatic N) is 4. The van der Waals surface area contributed by atoms with Crippen molar-refractivity contribution in [1.82, 2.24) is 25.4 Å². The van der Waals surface area contributed by atoms with E-state index in [-0.39, 0.29) is 35.6 Å².